The number of amides is 1. The first-order valence-electron chi connectivity index (χ1n) is 10.2. The fraction of sp³-hybridized carbons (Fsp3) is 0.348. The van der Waals surface area contributed by atoms with Crippen LogP contribution < -0.4 is 5.73 Å². The van der Waals surface area contributed by atoms with E-state index in [1.807, 2.05) is 49.5 Å². The van der Waals surface area contributed by atoms with Crippen LogP contribution in [0.25, 0.3) is 22.0 Å². The highest BCUT2D eigenvalue weighted by atomic mass is 32.2. The van der Waals surface area contributed by atoms with Crippen LogP contribution in [-0.4, -0.2) is 38.6 Å². The standard InChI is InChI=1S/C23H27N3O2S/c1-2-29(28)26-11-6-9-17(10-12-26)21-15-25-22-19(21)13-18(14-20(22)23(24)27)16-7-4-3-5-8-16/h3-5,7-8,13-15,17,25H,2,6,9-12H2,1H3,(H2,24,27). The maximum absolute atomic E-state index is 12.2. The van der Waals surface area contributed by atoms with Crippen molar-refractivity contribution in [1.29, 1.82) is 0 Å². The second-order valence-electron chi connectivity index (χ2n) is 7.59. The van der Waals surface area contributed by atoms with Crippen LogP contribution in [0.3, 0.4) is 0 Å². The molecule has 1 aliphatic heterocycles. The maximum Gasteiger partial charge on any atom is 0.250 e. The first-order valence-corrected chi connectivity index (χ1v) is 11.5. The zero-order valence-electron chi connectivity index (χ0n) is 16.7. The van der Waals surface area contributed by atoms with Crippen LogP contribution >= 0.6 is 0 Å². The molecule has 1 aromatic heterocycles. The summed E-state index contributed by atoms with van der Waals surface area (Å²) >= 11 is -0.887. The van der Waals surface area contributed by atoms with Crippen molar-refractivity contribution in [2.45, 2.75) is 32.1 Å². The molecule has 6 heteroatoms. The Bertz CT molecular complexity index is 1000. The number of nitrogens with two attached hydrogens (primary N) is 1. The third-order valence-electron chi connectivity index (χ3n) is 5.86. The molecule has 4 rings (SSSR count). The van der Waals surface area contributed by atoms with Gasteiger partial charge in [-0.2, -0.15) is 0 Å². The number of H-pyrrole nitrogens is 1. The van der Waals surface area contributed by atoms with Gasteiger partial charge in [0.1, 0.15) is 5.75 Å². The van der Waals surface area contributed by atoms with Gasteiger partial charge in [-0.3, -0.25) is 4.79 Å². The highest BCUT2D eigenvalue weighted by Crippen LogP contribution is 2.37. The van der Waals surface area contributed by atoms with E-state index in [1.165, 1.54) is 5.56 Å². The van der Waals surface area contributed by atoms with E-state index in [4.69, 9.17) is 5.73 Å². The lowest BCUT2D eigenvalue weighted by Crippen LogP contribution is -2.33. The van der Waals surface area contributed by atoms with Crippen molar-refractivity contribution in [3.8, 4) is 11.1 Å². The van der Waals surface area contributed by atoms with Gasteiger partial charge in [-0.05, 0) is 60.9 Å². The van der Waals surface area contributed by atoms with Gasteiger partial charge in [0, 0.05) is 36.0 Å². The van der Waals surface area contributed by atoms with Gasteiger partial charge in [0.25, 0.3) is 5.91 Å². The van der Waals surface area contributed by atoms with E-state index in [9.17, 15) is 9.35 Å². The van der Waals surface area contributed by atoms with Crippen LogP contribution in [0.5, 0.6) is 0 Å². The molecular formula is C23H27N3O2S. The van der Waals surface area contributed by atoms with Crippen molar-refractivity contribution < 1.29 is 9.35 Å². The first kappa shape index (κ1) is 20.0. The SMILES string of the molecule is CC[S+]([O-])N1CCCC(c2c[nH]c3c(C(N)=O)cc(-c4ccccc4)cc23)CC1. The fourth-order valence-corrected chi connectivity index (χ4v) is 5.36. The molecule has 2 atom stereocenters. The number of fused-ring (bicyclic) bond motifs is 1. The number of nitrogens with zero attached hydrogens (tertiary/aromatic N) is 1. The molecule has 2 aromatic carbocycles. The average molecular weight is 410 g/mol. The topological polar surface area (TPSA) is 85.2 Å². The highest BCUT2D eigenvalue weighted by molar-refractivity contribution is 7.89. The van der Waals surface area contributed by atoms with E-state index in [2.05, 4.69) is 15.4 Å². The largest absolute Gasteiger partial charge is 0.598 e. The van der Waals surface area contributed by atoms with Crippen molar-refractivity contribution >= 4 is 28.2 Å². The summed E-state index contributed by atoms with van der Waals surface area (Å²) in [5.41, 5.74) is 10.3. The normalized spacial score (nSPS) is 19.2. The number of hydrogen-bond donors (Lipinski definition) is 2. The molecule has 3 aromatic rings. The minimum Gasteiger partial charge on any atom is -0.598 e. The Hall–Kier alpha value is -2.28. The Kier molecular flexibility index (Phi) is 5.94. The summed E-state index contributed by atoms with van der Waals surface area (Å²) in [6.45, 7) is 3.68. The molecule has 0 aliphatic carbocycles. The van der Waals surface area contributed by atoms with Gasteiger partial charge in [0.2, 0.25) is 0 Å². The highest BCUT2D eigenvalue weighted by Gasteiger charge is 2.26. The van der Waals surface area contributed by atoms with Gasteiger partial charge in [-0.25, -0.2) is 0 Å². The molecule has 2 unspecified atom stereocenters. The summed E-state index contributed by atoms with van der Waals surface area (Å²) in [6, 6.07) is 14.1. The van der Waals surface area contributed by atoms with Gasteiger partial charge in [0.15, 0.2) is 0 Å². The smallest absolute Gasteiger partial charge is 0.250 e. The predicted octanol–water partition coefficient (Wildman–Crippen LogP) is 4.19. The summed E-state index contributed by atoms with van der Waals surface area (Å²) in [5, 5.41) is 1.07. The van der Waals surface area contributed by atoms with E-state index < -0.39 is 17.3 Å². The molecule has 0 bridgehead atoms. The molecule has 0 saturated carbocycles. The maximum atomic E-state index is 12.2. The van der Waals surface area contributed by atoms with E-state index in [1.54, 1.807) is 0 Å². The van der Waals surface area contributed by atoms with Crippen molar-refractivity contribution in [2.24, 2.45) is 5.73 Å². The number of hydrogen-bond acceptors (Lipinski definition) is 3. The minimum atomic E-state index is -0.887. The third kappa shape index (κ3) is 4.06. The van der Waals surface area contributed by atoms with Gasteiger partial charge >= 0.3 is 0 Å². The van der Waals surface area contributed by atoms with E-state index in [-0.39, 0.29) is 0 Å². The van der Waals surface area contributed by atoms with Gasteiger partial charge in [0.05, 0.1) is 11.1 Å². The second-order valence-corrected chi connectivity index (χ2v) is 9.32. The number of rotatable bonds is 5. The lowest BCUT2D eigenvalue weighted by Gasteiger charge is -2.21. The predicted molar refractivity (Wildman–Crippen MR) is 119 cm³/mol. The zero-order chi connectivity index (χ0) is 20.4. The Morgan fingerprint density at radius 1 is 1.21 bits per heavy atom. The Labute approximate surface area is 174 Å². The molecule has 3 N–H and O–H groups in total. The fourth-order valence-electron chi connectivity index (χ4n) is 4.35. The van der Waals surface area contributed by atoms with Gasteiger partial charge < -0.3 is 15.3 Å². The third-order valence-corrected chi connectivity index (χ3v) is 7.29. The molecule has 1 saturated heterocycles. The minimum absolute atomic E-state index is 0.370. The van der Waals surface area contributed by atoms with Crippen LogP contribution in [0, 0.1) is 0 Å². The van der Waals surface area contributed by atoms with Crippen LogP contribution in [0.1, 0.15) is 48.0 Å². The number of aromatic amines is 1. The lowest BCUT2D eigenvalue weighted by molar-refractivity contribution is 0.100. The molecule has 2 heterocycles. The Balaban J connectivity index is 1.74. The molecule has 0 spiro atoms. The monoisotopic (exact) mass is 409 g/mol. The molecular weight excluding hydrogens is 382 g/mol. The van der Waals surface area contributed by atoms with Gasteiger partial charge in [-0.1, -0.05) is 30.3 Å². The summed E-state index contributed by atoms with van der Waals surface area (Å²) < 4.78 is 14.3. The first-order chi connectivity index (χ1) is 14.1. The van der Waals surface area contributed by atoms with E-state index in [0.717, 1.165) is 54.4 Å². The van der Waals surface area contributed by atoms with E-state index in [0.29, 0.717) is 17.2 Å². The summed E-state index contributed by atoms with van der Waals surface area (Å²) in [7, 11) is 0. The molecule has 1 aliphatic rings. The summed E-state index contributed by atoms with van der Waals surface area (Å²) in [4.78, 5) is 15.5. The number of primary amides is 1. The van der Waals surface area contributed by atoms with E-state index >= 15 is 0 Å². The molecule has 1 fully saturated rings. The average Bonchev–Trinajstić information content (AvgIpc) is 3.02. The number of carbonyl (C=O) groups excluding carboxylic acids is 1. The molecule has 152 valence electrons. The second kappa shape index (κ2) is 8.61. The van der Waals surface area contributed by atoms with Crippen LogP contribution in [0.15, 0.2) is 48.7 Å². The Morgan fingerprint density at radius 3 is 2.72 bits per heavy atom. The Morgan fingerprint density at radius 2 is 2.00 bits per heavy atom. The number of aromatic nitrogens is 1. The van der Waals surface area contributed by atoms with Crippen molar-refractivity contribution in [1.82, 2.24) is 9.29 Å². The van der Waals surface area contributed by atoms with Crippen molar-refractivity contribution in [2.75, 3.05) is 18.8 Å². The van der Waals surface area contributed by atoms with Crippen LogP contribution in [0.2, 0.25) is 0 Å². The number of nitrogens with one attached hydrogen (secondary N) is 1. The molecule has 1 amide bonds. The quantitative estimate of drug-likeness (QED) is 0.620. The number of benzene rings is 2. The summed E-state index contributed by atoms with van der Waals surface area (Å²) in [5.74, 6) is 0.612. The number of carbonyl (C=O) groups is 1. The van der Waals surface area contributed by atoms with Crippen LogP contribution in [0.4, 0.5) is 0 Å². The molecule has 29 heavy (non-hydrogen) atoms. The van der Waals surface area contributed by atoms with Crippen molar-refractivity contribution in [3.05, 3.63) is 59.8 Å². The van der Waals surface area contributed by atoms with Crippen LogP contribution in [-0.2, 0) is 11.4 Å². The lowest BCUT2D eigenvalue weighted by atomic mass is 9.90. The zero-order valence-corrected chi connectivity index (χ0v) is 17.5. The molecule has 5 nitrogen and oxygen atoms in total. The molecule has 0 radical (unpaired) electrons. The summed E-state index contributed by atoms with van der Waals surface area (Å²) in [6.07, 6.45) is 5.05. The van der Waals surface area contributed by atoms with Gasteiger partial charge in [-0.15, -0.1) is 4.31 Å². The van der Waals surface area contributed by atoms with Crippen molar-refractivity contribution in [3.63, 3.8) is 0 Å².